The summed E-state index contributed by atoms with van der Waals surface area (Å²) in [6, 6.07) is 4.51. The van der Waals surface area contributed by atoms with Crippen molar-refractivity contribution in [3.8, 4) is 0 Å². The molecule has 1 unspecified atom stereocenters. The Bertz CT molecular complexity index is 492. The topological polar surface area (TPSA) is 56.7 Å². The minimum atomic E-state index is 0. The van der Waals surface area contributed by atoms with Gasteiger partial charge < -0.3 is 15.5 Å². The second kappa shape index (κ2) is 10.9. The van der Waals surface area contributed by atoms with E-state index in [1.807, 2.05) is 4.90 Å². The molecule has 0 aliphatic carbocycles. The quantitative estimate of drug-likeness (QED) is 0.382. The van der Waals surface area contributed by atoms with Crippen LogP contribution in [0.5, 0.6) is 0 Å². The van der Waals surface area contributed by atoms with Crippen LogP contribution in [-0.4, -0.2) is 42.9 Å². The number of carbonyl (C=O) groups excluding carboxylic acids is 1. The Kier molecular flexibility index (Phi) is 9.54. The molecular formula is C16H27IN4OS. The largest absolute Gasteiger partial charge is 0.356 e. The number of likely N-dealkylation sites (tertiary alicyclic amines) is 1. The highest BCUT2D eigenvalue weighted by atomic mass is 127. The first-order chi connectivity index (χ1) is 10.7. The lowest BCUT2D eigenvalue weighted by atomic mass is 10.1. The summed E-state index contributed by atoms with van der Waals surface area (Å²) in [6.45, 7) is 4.69. The number of nitrogens with one attached hydrogen (secondary N) is 2. The number of guanidine groups is 1. The molecule has 2 heterocycles. The predicted molar refractivity (Wildman–Crippen MR) is 108 cm³/mol. The van der Waals surface area contributed by atoms with Gasteiger partial charge in [0, 0.05) is 37.5 Å². The highest BCUT2D eigenvalue weighted by Crippen LogP contribution is 2.17. The monoisotopic (exact) mass is 450 g/mol. The molecule has 130 valence electrons. The maximum absolute atomic E-state index is 11.8. The summed E-state index contributed by atoms with van der Waals surface area (Å²) in [5, 5.41) is 8.73. The highest BCUT2D eigenvalue weighted by Gasteiger charge is 2.26. The average Bonchev–Trinajstić information content (AvgIpc) is 3.18. The van der Waals surface area contributed by atoms with Crippen LogP contribution in [0, 0.1) is 0 Å². The molecule has 0 radical (unpaired) electrons. The highest BCUT2D eigenvalue weighted by molar-refractivity contribution is 14.0. The van der Waals surface area contributed by atoms with E-state index >= 15 is 0 Å². The number of thiophene rings is 1. The molecule has 0 saturated carbocycles. The van der Waals surface area contributed by atoms with E-state index in [-0.39, 0.29) is 24.0 Å². The summed E-state index contributed by atoms with van der Waals surface area (Å²) in [4.78, 5) is 19.4. The Balaban J connectivity index is 0.00000264. The van der Waals surface area contributed by atoms with Crippen molar-refractivity contribution >= 4 is 47.2 Å². The van der Waals surface area contributed by atoms with Gasteiger partial charge in [-0.3, -0.25) is 9.79 Å². The molecule has 2 rings (SSSR count). The Morgan fingerprint density at radius 2 is 2.30 bits per heavy atom. The molecular weight excluding hydrogens is 423 g/mol. The van der Waals surface area contributed by atoms with E-state index in [2.05, 4.69) is 40.1 Å². The number of nitrogens with zero attached hydrogens (tertiary/aromatic N) is 2. The smallest absolute Gasteiger partial charge is 0.222 e. The number of hydrogen-bond acceptors (Lipinski definition) is 3. The lowest BCUT2D eigenvalue weighted by Gasteiger charge is -2.27. The molecule has 1 aromatic heterocycles. The van der Waals surface area contributed by atoms with Crippen LogP contribution in [0.15, 0.2) is 22.5 Å². The second-order valence-electron chi connectivity index (χ2n) is 5.47. The first-order valence-electron chi connectivity index (χ1n) is 8.01. The number of amides is 1. The van der Waals surface area contributed by atoms with Gasteiger partial charge in [-0.1, -0.05) is 13.0 Å². The van der Waals surface area contributed by atoms with E-state index in [0.717, 1.165) is 44.9 Å². The summed E-state index contributed by atoms with van der Waals surface area (Å²) in [5.41, 5.74) is 0. The van der Waals surface area contributed by atoms with E-state index in [4.69, 9.17) is 0 Å². The molecule has 0 bridgehead atoms. The van der Waals surface area contributed by atoms with E-state index in [1.165, 1.54) is 4.88 Å². The van der Waals surface area contributed by atoms with E-state index < -0.39 is 0 Å². The van der Waals surface area contributed by atoms with Gasteiger partial charge in [0.15, 0.2) is 5.96 Å². The van der Waals surface area contributed by atoms with Crippen LogP contribution in [0.3, 0.4) is 0 Å². The van der Waals surface area contributed by atoms with Crippen molar-refractivity contribution in [2.75, 3.05) is 20.1 Å². The first-order valence-corrected chi connectivity index (χ1v) is 8.89. The van der Waals surface area contributed by atoms with Crippen LogP contribution in [0.1, 0.15) is 37.5 Å². The van der Waals surface area contributed by atoms with Crippen molar-refractivity contribution in [3.63, 3.8) is 0 Å². The van der Waals surface area contributed by atoms with Crippen LogP contribution < -0.4 is 10.6 Å². The minimum absolute atomic E-state index is 0. The predicted octanol–water partition coefficient (Wildman–Crippen LogP) is 2.82. The maximum atomic E-state index is 11.8. The third kappa shape index (κ3) is 6.29. The molecule has 1 aromatic rings. The van der Waals surface area contributed by atoms with Gasteiger partial charge in [0.2, 0.25) is 5.91 Å². The molecule has 0 spiro atoms. The molecule has 2 N–H and O–H groups in total. The Morgan fingerprint density at radius 1 is 1.48 bits per heavy atom. The normalized spacial score (nSPS) is 16.2. The number of rotatable bonds is 7. The number of hydrogen-bond donors (Lipinski definition) is 2. The zero-order valence-corrected chi connectivity index (χ0v) is 17.0. The Morgan fingerprint density at radius 3 is 2.87 bits per heavy atom. The molecule has 1 aliphatic rings. The van der Waals surface area contributed by atoms with Crippen LogP contribution >= 0.6 is 35.3 Å². The number of carbonyl (C=O) groups is 1. The molecule has 1 atom stereocenters. The lowest BCUT2D eigenvalue weighted by molar-refractivity contribution is -0.129. The van der Waals surface area contributed by atoms with Gasteiger partial charge in [0.05, 0.1) is 6.54 Å². The Labute approximate surface area is 160 Å². The van der Waals surface area contributed by atoms with Gasteiger partial charge in [-0.05, 0) is 30.7 Å². The van der Waals surface area contributed by atoms with Gasteiger partial charge in [-0.15, -0.1) is 35.3 Å². The van der Waals surface area contributed by atoms with Crippen molar-refractivity contribution in [2.24, 2.45) is 4.99 Å². The lowest BCUT2D eigenvalue weighted by Crippen LogP contribution is -2.41. The molecule has 0 aromatic carbocycles. The molecule has 23 heavy (non-hydrogen) atoms. The molecule has 1 fully saturated rings. The van der Waals surface area contributed by atoms with Gasteiger partial charge in [-0.2, -0.15) is 0 Å². The van der Waals surface area contributed by atoms with Gasteiger partial charge >= 0.3 is 0 Å². The van der Waals surface area contributed by atoms with Crippen molar-refractivity contribution in [1.29, 1.82) is 0 Å². The summed E-state index contributed by atoms with van der Waals surface area (Å²) in [6.07, 6.45) is 3.69. The molecule has 1 saturated heterocycles. The Hall–Kier alpha value is -0.830. The van der Waals surface area contributed by atoms with Crippen LogP contribution in [-0.2, 0) is 11.3 Å². The van der Waals surface area contributed by atoms with E-state index in [1.54, 1.807) is 18.4 Å². The fourth-order valence-corrected chi connectivity index (χ4v) is 3.44. The summed E-state index contributed by atoms with van der Waals surface area (Å²) in [7, 11) is 1.78. The van der Waals surface area contributed by atoms with Crippen LogP contribution in [0.4, 0.5) is 0 Å². The third-order valence-corrected chi connectivity index (χ3v) is 4.90. The van der Waals surface area contributed by atoms with Crippen molar-refractivity contribution in [3.05, 3.63) is 22.4 Å². The summed E-state index contributed by atoms with van der Waals surface area (Å²) < 4.78 is 0. The minimum Gasteiger partial charge on any atom is -0.356 e. The van der Waals surface area contributed by atoms with E-state index in [9.17, 15) is 4.79 Å². The standard InChI is InChI=1S/C16H26N4OS.HI/c1-3-13(20-10-4-7-15(20)21)8-9-18-16(17-2)19-12-14-6-5-11-22-14;/h5-6,11,13H,3-4,7-10,12H2,1-2H3,(H2,17,18,19);1H. The molecule has 1 amide bonds. The summed E-state index contributed by atoms with van der Waals surface area (Å²) >= 11 is 1.74. The average molecular weight is 450 g/mol. The van der Waals surface area contributed by atoms with Crippen molar-refractivity contribution in [1.82, 2.24) is 15.5 Å². The van der Waals surface area contributed by atoms with Gasteiger partial charge in [-0.25, -0.2) is 0 Å². The fraction of sp³-hybridized carbons (Fsp3) is 0.625. The van der Waals surface area contributed by atoms with Crippen LogP contribution in [0.25, 0.3) is 0 Å². The molecule has 7 heteroatoms. The second-order valence-corrected chi connectivity index (χ2v) is 6.51. The van der Waals surface area contributed by atoms with Gasteiger partial charge in [0.25, 0.3) is 0 Å². The first kappa shape index (κ1) is 20.2. The SMILES string of the molecule is CCC(CCNC(=NC)NCc1cccs1)N1CCCC1=O.I. The van der Waals surface area contributed by atoms with Crippen molar-refractivity contribution in [2.45, 2.75) is 45.2 Å². The number of halogens is 1. The maximum Gasteiger partial charge on any atom is 0.222 e. The zero-order valence-electron chi connectivity index (χ0n) is 13.9. The molecule has 5 nitrogen and oxygen atoms in total. The fourth-order valence-electron chi connectivity index (χ4n) is 2.80. The van der Waals surface area contributed by atoms with E-state index in [0.29, 0.717) is 18.4 Å². The third-order valence-electron chi connectivity index (χ3n) is 4.03. The van der Waals surface area contributed by atoms with Crippen LogP contribution in [0.2, 0.25) is 0 Å². The van der Waals surface area contributed by atoms with Crippen molar-refractivity contribution < 1.29 is 4.79 Å². The zero-order chi connectivity index (χ0) is 15.8. The summed E-state index contributed by atoms with van der Waals surface area (Å²) in [5.74, 6) is 1.13. The van der Waals surface area contributed by atoms with Gasteiger partial charge in [0.1, 0.15) is 0 Å². The molecule has 1 aliphatic heterocycles. The number of aliphatic imine (C=N–C) groups is 1.